The summed E-state index contributed by atoms with van der Waals surface area (Å²) in [6.45, 7) is 0. The zero-order valence-electron chi connectivity index (χ0n) is 10.1. The fraction of sp³-hybridized carbons (Fsp3) is 0.143. The molecule has 0 spiro atoms. The third-order valence-corrected chi connectivity index (χ3v) is 4.28. The summed E-state index contributed by atoms with van der Waals surface area (Å²) < 4.78 is 19.2. The summed E-state index contributed by atoms with van der Waals surface area (Å²) in [6, 6.07) is 8.77. The molecular weight excluding hydrogens is 263 g/mol. The van der Waals surface area contributed by atoms with Crippen LogP contribution in [0, 0.1) is 5.82 Å². The molecule has 0 saturated heterocycles. The lowest BCUT2D eigenvalue weighted by Gasteiger charge is -2.12. The summed E-state index contributed by atoms with van der Waals surface area (Å²) in [5, 5.41) is 1.04. The topological polar surface area (TPSA) is 51.2 Å². The Labute approximate surface area is 113 Å². The number of hydrazine groups is 1. The fourth-order valence-electron chi connectivity index (χ4n) is 2.08. The second-order valence-corrected chi connectivity index (χ2v) is 5.50. The van der Waals surface area contributed by atoms with Crippen molar-refractivity contribution >= 4 is 21.4 Å². The Kier molecular flexibility index (Phi) is 3.33. The van der Waals surface area contributed by atoms with Crippen LogP contribution in [-0.2, 0) is 6.42 Å². The van der Waals surface area contributed by atoms with Crippen LogP contribution in [0.5, 0.6) is 0 Å². The molecule has 0 fully saturated rings. The van der Waals surface area contributed by atoms with Gasteiger partial charge in [0.1, 0.15) is 5.82 Å². The van der Waals surface area contributed by atoms with Gasteiger partial charge in [-0.1, -0.05) is 6.07 Å². The maximum atomic E-state index is 13.2. The Morgan fingerprint density at radius 2 is 2.21 bits per heavy atom. The van der Waals surface area contributed by atoms with Crippen molar-refractivity contribution in [3.63, 3.8) is 0 Å². The van der Waals surface area contributed by atoms with E-state index >= 15 is 0 Å². The van der Waals surface area contributed by atoms with Gasteiger partial charge in [-0.25, -0.2) is 4.39 Å². The Balaban J connectivity index is 1.92. The maximum absolute atomic E-state index is 13.2. The van der Waals surface area contributed by atoms with Crippen molar-refractivity contribution in [1.82, 2.24) is 5.43 Å². The Bertz CT molecular complexity index is 678. The summed E-state index contributed by atoms with van der Waals surface area (Å²) in [5.41, 5.74) is 3.88. The molecule has 2 aromatic heterocycles. The van der Waals surface area contributed by atoms with E-state index in [1.807, 2.05) is 12.1 Å². The van der Waals surface area contributed by atoms with Crippen LogP contribution in [0.2, 0.25) is 0 Å². The van der Waals surface area contributed by atoms with Crippen molar-refractivity contribution in [3.8, 4) is 0 Å². The first-order valence-corrected chi connectivity index (χ1v) is 6.74. The molecule has 0 bridgehead atoms. The van der Waals surface area contributed by atoms with Gasteiger partial charge in [-0.3, -0.25) is 11.3 Å². The van der Waals surface area contributed by atoms with E-state index in [0.717, 1.165) is 26.9 Å². The number of thiophene rings is 1. The van der Waals surface area contributed by atoms with Crippen LogP contribution in [0.1, 0.15) is 16.5 Å². The van der Waals surface area contributed by atoms with Crippen molar-refractivity contribution < 1.29 is 8.81 Å². The molecular formula is C14H13FN2OS. The molecule has 1 unspecified atom stereocenters. The van der Waals surface area contributed by atoms with Gasteiger partial charge in [-0.2, -0.15) is 0 Å². The zero-order chi connectivity index (χ0) is 13.2. The number of fused-ring (bicyclic) bond motifs is 1. The molecule has 0 aliphatic heterocycles. The average Bonchev–Trinajstić information content (AvgIpc) is 3.03. The normalized spacial score (nSPS) is 12.9. The third kappa shape index (κ3) is 2.53. The minimum absolute atomic E-state index is 0.00180. The van der Waals surface area contributed by atoms with Crippen LogP contribution in [0.15, 0.2) is 47.3 Å². The van der Waals surface area contributed by atoms with Gasteiger partial charge in [-0.05, 0) is 41.6 Å². The van der Waals surface area contributed by atoms with Crippen LogP contribution < -0.4 is 11.3 Å². The van der Waals surface area contributed by atoms with E-state index in [9.17, 15) is 4.39 Å². The van der Waals surface area contributed by atoms with Crippen LogP contribution in [0.4, 0.5) is 4.39 Å². The number of nitrogens with two attached hydrogens (primary N) is 1. The largest absolute Gasteiger partial charge is 0.472 e. The van der Waals surface area contributed by atoms with E-state index in [-0.39, 0.29) is 11.9 Å². The Hall–Kier alpha value is -1.69. The van der Waals surface area contributed by atoms with Gasteiger partial charge < -0.3 is 4.42 Å². The minimum Gasteiger partial charge on any atom is -0.472 e. The lowest BCUT2D eigenvalue weighted by atomic mass is 10.1. The van der Waals surface area contributed by atoms with Crippen LogP contribution in [-0.4, -0.2) is 0 Å². The molecule has 1 aromatic carbocycles. The van der Waals surface area contributed by atoms with Crippen LogP contribution in [0.3, 0.4) is 0 Å². The lowest BCUT2D eigenvalue weighted by Crippen LogP contribution is -2.28. The summed E-state index contributed by atoms with van der Waals surface area (Å²) in [5.74, 6) is 5.41. The number of furan rings is 1. The molecule has 98 valence electrons. The van der Waals surface area contributed by atoms with E-state index in [4.69, 9.17) is 10.3 Å². The molecule has 0 saturated carbocycles. The summed E-state index contributed by atoms with van der Waals surface area (Å²) in [7, 11) is 0. The minimum atomic E-state index is -0.215. The first-order valence-electron chi connectivity index (χ1n) is 5.92. The molecule has 5 heteroatoms. The SMILES string of the molecule is NNC(Cc1ccoc1)c1cc2ccc(F)cc2s1. The van der Waals surface area contributed by atoms with Gasteiger partial charge in [-0.15, -0.1) is 11.3 Å². The number of rotatable bonds is 4. The van der Waals surface area contributed by atoms with Crippen molar-refractivity contribution in [1.29, 1.82) is 0 Å². The van der Waals surface area contributed by atoms with Gasteiger partial charge in [0.05, 0.1) is 18.6 Å². The highest BCUT2D eigenvalue weighted by molar-refractivity contribution is 7.19. The number of hydrogen-bond donors (Lipinski definition) is 2. The van der Waals surface area contributed by atoms with E-state index < -0.39 is 0 Å². The van der Waals surface area contributed by atoms with Crippen LogP contribution >= 0.6 is 11.3 Å². The highest BCUT2D eigenvalue weighted by Crippen LogP contribution is 2.31. The number of nitrogens with one attached hydrogen (secondary N) is 1. The molecule has 0 amide bonds. The molecule has 0 aliphatic rings. The predicted octanol–water partition coefficient (Wildman–Crippen LogP) is 3.38. The molecule has 3 aromatic rings. The molecule has 19 heavy (non-hydrogen) atoms. The van der Waals surface area contributed by atoms with Crippen molar-refractivity contribution in [2.45, 2.75) is 12.5 Å². The molecule has 1 atom stereocenters. The second-order valence-electron chi connectivity index (χ2n) is 4.39. The van der Waals surface area contributed by atoms with E-state index in [0.29, 0.717) is 0 Å². The van der Waals surface area contributed by atoms with Gasteiger partial charge in [0.15, 0.2) is 0 Å². The number of halogens is 1. The van der Waals surface area contributed by atoms with Gasteiger partial charge in [0.25, 0.3) is 0 Å². The predicted molar refractivity (Wildman–Crippen MR) is 74.3 cm³/mol. The first-order chi connectivity index (χ1) is 9.26. The van der Waals surface area contributed by atoms with Crippen molar-refractivity contribution in [2.75, 3.05) is 0 Å². The average molecular weight is 276 g/mol. The van der Waals surface area contributed by atoms with E-state index in [2.05, 4.69) is 5.43 Å². The highest BCUT2D eigenvalue weighted by Gasteiger charge is 2.14. The van der Waals surface area contributed by atoms with Crippen molar-refractivity contribution in [2.24, 2.45) is 5.84 Å². The molecule has 0 radical (unpaired) electrons. The number of benzene rings is 1. The smallest absolute Gasteiger partial charge is 0.124 e. The Morgan fingerprint density at radius 1 is 1.32 bits per heavy atom. The highest BCUT2D eigenvalue weighted by atomic mass is 32.1. The van der Waals surface area contributed by atoms with Crippen LogP contribution in [0.25, 0.3) is 10.1 Å². The van der Waals surface area contributed by atoms with Gasteiger partial charge in [0.2, 0.25) is 0 Å². The molecule has 3 rings (SSSR count). The maximum Gasteiger partial charge on any atom is 0.124 e. The first kappa shape index (κ1) is 12.3. The summed E-state index contributed by atoms with van der Waals surface area (Å²) >= 11 is 1.55. The summed E-state index contributed by atoms with van der Waals surface area (Å²) in [4.78, 5) is 1.09. The second kappa shape index (κ2) is 5.13. The molecule has 3 nitrogen and oxygen atoms in total. The third-order valence-electron chi connectivity index (χ3n) is 3.07. The molecule has 2 heterocycles. The Morgan fingerprint density at radius 3 is 2.95 bits per heavy atom. The summed E-state index contributed by atoms with van der Waals surface area (Å²) in [6.07, 6.45) is 4.09. The zero-order valence-corrected chi connectivity index (χ0v) is 10.9. The lowest BCUT2D eigenvalue weighted by molar-refractivity contribution is 0.541. The fourth-order valence-corrected chi connectivity index (χ4v) is 3.23. The monoisotopic (exact) mass is 276 g/mol. The standard InChI is InChI=1S/C14H13FN2OS/c15-11-2-1-10-6-14(19-13(10)7-11)12(17-16)5-9-3-4-18-8-9/h1-4,6-8,12,17H,5,16H2. The quantitative estimate of drug-likeness (QED) is 0.567. The van der Waals surface area contributed by atoms with Crippen molar-refractivity contribution in [3.05, 3.63) is 59.1 Å². The number of hydrogen-bond acceptors (Lipinski definition) is 4. The molecule has 3 N–H and O–H groups in total. The van der Waals surface area contributed by atoms with E-state index in [1.54, 1.807) is 36.0 Å². The van der Waals surface area contributed by atoms with E-state index in [1.165, 1.54) is 6.07 Å². The van der Waals surface area contributed by atoms with Gasteiger partial charge >= 0.3 is 0 Å². The molecule has 0 aliphatic carbocycles. The van der Waals surface area contributed by atoms with Gasteiger partial charge in [0, 0.05) is 9.58 Å².